The van der Waals surface area contributed by atoms with E-state index in [1.807, 2.05) is 28.8 Å². The number of pyridine rings is 3. The van der Waals surface area contributed by atoms with Crippen LogP contribution >= 0.6 is 22.6 Å². The van der Waals surface area contributed by atoms with Gasteiger partial charge in [-0.1, -0.05) is 34.7 Å². The van der Waals surface area contributed by atoms with E-state index in [2.05, 4.69) is 64.9 Å². The largest absolute Gasteiger partial charge is 0.417 e. The molecule has 1 saturated heterocycles. The van der Waals surface area contributed by atoms with Gasteiger partial charge in [-0.2, -0.15) is 18.4 Å². The third-order valence-electron chi connectivity index (χ3n) is 8.26. The maximum absolute atomic E-state index is 13.2. The minimum Gasteiger partial charge on any atom is -0.383 e. The van der Waals surface area contributed by atoms with Crippen LogP contribution in [0.2, 0.25) is 0 Å². The van der Waals surface area contributed by atoms with Crippen LogP contribution in [-0.2, 0) is 12.7 Å². The first kappa shape index (κ1) is 32.3. The van der Waals surface area contributed by atoms with Crippen LogP contribution in [0.5, 0.6) is 0 Å². The first-order valence-corrected chi connectivity index (χ1v) is 16.5. The van der Waals surface area contributed by atoms with E-state index in [1.165, 1.54) is 6.07 Å². The lowest BCUT2D eigenvalue weighted by molar-refractivity contribution is -0.137. The molecule has 7 rings (SSSR count). The number of likely N-dealkylation sites (tertiary alicyclic amines) is 1. The lowest BCUT2D eigenvalue weighted by Gasteiger charge is -2.37. The zero-order chi connectivity index (χ0) is 34.1. The molecular weight excluding hydrogens is 746 g/mol. The van der Waals surface area contributed by atoms with Gasteiger partial charge in [-0.3, -0.25) is 14.5 Å². The molecule has 2 unspecified atom stereocenters. The number of anilines is 2. The van der Waals surface area contributed by atoms with Crippen molar-refractivity contribution in [2.45, 2.75) is 35.7 Å². The summed E-state index contributed by atoms with van der Waals surface area (Å²) >= 11 is 2.47. The van der Waals surface area contributed by atoms with Crippen LogP contribution in [0, 0.1) is 11.3 Å². The Balaban J connectivity index is 1.15. The third-order valence-corrected chi connectivity index (χ3v) is 9.56. The minimum atomic E-state index is -4.49. The third kappa shape index (κ3) is 6.87. The van der Waals surface area contributed by atoms with Crippen LogP contribution < -0.4 is 11.1 Å². The number of piperidine rings is 1. The SMILES string of the molecule is N#Cc1nccc(NC2CCN(Cc3ccc(-n4c(-c5cccnc5N)nc5ccc(-c6ccc(C(F)(F)F)cn6)nc54)cc3)C(I)C2)n1. The zero-order valence-corrected chi connectivity index (χ0v) is 27.8. The molecule has 0 radical (unpaired) electrons. The smallest absolute Gasteiger partial charge is 0.383 e. The highest BCUT2D eigenvalue weighted by molar-refractivity contribution is 14.1. The highest BCUT2D eigenvalue weighted by Crippen LogP contribution is 2.33. The van der Waals surface area contributed by atoms with Gasteiger partial charge in [-0.15, -0.1) is 0 Å². The predicted octanol–water partition coefficient (Wildman–Crippen LogP) is 6.64. The van der Waals surface area contributed by atoms with E-state index in [0.29, 0.717) is 45.6 Å². The number of benzene rings is 1. The van der Waals surface area contributed by atoms with E-state index in [-0.39, 0.29) is 15.9 Å². The van der Waals surface area contributed by atoms with Crippen LogP contribution in [0.15, 0.2) is 85.3 Å². The number of nitrogens with two attached hydrogens (primary N) is 1. The van der Waals surface area contributed by atoms with Crippen molar-refractivity contribution in [1.29, 1.82) is 5.26 Å². The molecule has 1 fully saturated rings. The van der Waals surface area contributed by atoms with Gasteiger partial charge in [0.25, 0.3) is 0 Å². The summed E-state index contributed by atoms with van der Waals surface area (Å²) in [5, 5.41) is 12.5. The number of hydrogen-bond donors (Lipinski definition) is 2. The Morgan fingerprint density at radius 3 is 2.47 bits per heavy atom. The number of rotatable bonds is 7. The number of nitrogen functional groups attached to an aromatic ring is 1. The number of fused-ring (bicyclic) bond motifs is 1. The molecule has 1 aliphatic rings. The Morgan fingerprint density at radius 2 is 1.76 bits per heavy atom. The van der Waals surface area contributed by atoms with Crippen molar-refractivity contribution >= 4 is 45.4 Å². The summed E-state index contributed by atoms with van der Waals surface area (Å²) in [4.78, 5) is 28.6. The van der Waals surface area contributed by atoms with E-state index in [4.69, 9.17) is 21.0 Å². The molecule has 1 aliphatic heterocycles. The minimum absolute atomic E-state index is 0.143. The van der Waals surface area contributed by atoms with Gasteiger partial charge in [0.1, 0.15) is 23.2 Å². The van der Waals surface area contributed by atoms with Crippen molar-refractivity contribution in [3.63, 3.8) is 0 Å². The summed E-state index contributed by atoms with van der Waals surface area (Å²) in [7, 11) is 0. The molecule has 5 aromatic heterocycles. The number of nitrogens with one attached hydrogen (secondary N) is 1. The fourth-order valence-corrected chi connectivity index (χ4v) is 6.89. The molecule has 15 heteroatoms. The van der Waals surface area contributed by atoms with E-state index >= 15 is 0 Å². The molecule has 0 aliphatic carbocycles. The molecule has 11 nitrogen and oxygen atoms in total. The van der Waals surface area contributed by atoms with Gasteiger partial charge in [-0.05, 0) is 73.0 Å². The number of nitrogens with zero attached hydrogens (tertiary/aromatic N) is 9. The molecule has 49 heavy (non-hydrogen) atoms. The monoisotopic (exact) mass is 773 g/mol. The van der Waals surface area contributed by atoms with Gasteiger partial charge in [0, 0.05) is 43.4 Å². The average molecular weight is 774 g/mol. The quantitative estimate of drug-likeness (QED) is 0.103. The Kier molecular flexibility index (Phi) is 8.82. The second-order valence-electron chi connectivity index (χ2n) is 11.5. The van der Waals surface area contributed by atoms with Gasteiger partial charge in [0.15, 0.2) is 11.5 Å². The Hall–Kier alpha value is -5.21. The lowest BCUT2D eigenvalue weighted by atomic mass is 10.0. The van der Waals surface area contributed by atoms with Crippen molar-refractivity contribution in [2.24, 2.45) is 0 Å². The van der Waals surface area contributed by atoms with E-state index < -0.39 is 11.7 Å². The molecule has 1 aromatic carbocycles. The molecule has 6 aromatic rings. The summed E-state index contributed by atoms with van der Waals surface area (Å²) in [5.74, 6) is 1.63. The van der Waals surface area contributed by atoms with E-state index in [1.54, 1.807) is 36.7 Å². The van der Waals surface area contributed by atoms with Crippen molar-refractivity contribution in [2.75, 3.05) is 17.6 Å². The van der Waals surface area contributed by atoms with Gasteiger partial charge in [0.2, 0.25) is 5.82 Å². The second kappa shape index (κ2) is 13.4. The van der Waals surface area contributed by atoms with Gasteiger partial charge in [0.05, 0.1) is 26.6 Å². The molecule has 0 spiro atoms. The molecule has 6 heterocycles. The Morgan fingerprint density at radius 1 is 0.939 bits per heavy atom. The van der Waals surface area contributed by atoms with E-state index in [0.717, 1.165) is 49.4 Å². The summed E-state index contributed by atoms with van der Waals surface area (Å²) in [5.41, 5.74) is 9.76. The fourth-order valence-electron chi connectivity index (χ4n) is 5.80. The Labute approximate surface area is 292 Å². The van der Waals surface area contributed by atoms with Crippen molar-refractivity contribution in [3.8, 4) is 34.5 Å². The van der Waals surface area contributed by atoms with Gasteiger partial charge < -0.3 is 11.1 Å². The molecule has 246 valence electrons. The summed E-state index contributed by atoms with van der Waals surface area (Å²) in [6.45, 7) is 1.63. The number of alkyl halides is 4. The van der Waals surface area contributed by atoms with Crippen molar-refractivity contribution in [3.05, 3.63) is 102 Å². The average Bonchev–Trinajstić information content (AvgIpc) is 3.48. The van der Waals surface area contributed by atoms with Crippen LogP contribution in [0.3, 0.4) is 0 Å². The van der Waals surface area contributed by atoms with Gasteiger partial charge in [-0.25, -0.2) is 24.9 Å². The molecule has 0 bridgehead atoms. The second-order valence-corrected chi connectivity index (χ2v) is 12.9. The first-order chi connectivity index (χ1) is 23.7. The summed E-state index contributed by atoms with van der Waals surface area (Å²) < 4.78 is 41.6. The number of imidazole rings is 1. The lowest BCUT2D eigenvalue weighted by Crippen LogP contribution is -2.43. The van der Waals surface area contributed by atoms with Crippen LogP contribution in [-0.4, -0.2) is 56.0 Å². The zero-order valence-electron chi connectivity index (χ0n) is 25.7. The summed E-state index contributed by atoms with van der Waals surface area (Å²) in [6.07, 6.45) is 1.33. The molecule has 0 saturated carbocycles. The molecule has 2 atom stereocenters. The highest BCUT2D eigenvalue weighted by Gasteiger charge is 2.31. The number of halogens is 4. The van der Waals surface area contributed by atoms with Gasteiger partial charge >= 0.3 is 6.18 Å². The fraction of sp³-hybridized carbons (Fsp3) is 0.206. The number of hydrogen-bond acceptors (Lipinski definition) is 10. The molecular formula is C34H27F3IN11. The highest BCUT2D eigenvalue weighted by atomic mass is 127. The van der Waals surface area contributed by atoms with Crippen LogP contribution in [0.25, 0.3) is 39.6 Å². The first-order valence-electron chi connectivity index (χ1n) is 15.3. The number of aromatic nitrogens is 7. The van der Waals surface area contributed by atoms with Crippen LogP contribution in [0.1, 0.15) is 29.8 Å². The summed E-state index contributed by atoms with van der Waals surface area (Å²) in [6, 6.07) is 21.5. The van der Waals surface area contributed by atoms with E-state index in [9.17, 15) is 13.2 Å². The van der Waals surface area contributed by atoms with Crippen LogP contribution in [0.4, 0.5) is 24.8 Å². The number of nitriles is 1. The maximum Gasteiger partial charge on any atom is 0.417 e. The topological polar surface area (TPSA) is 147 Å². The normalized spacial score (nSPS) is 16.8. The maximum atomic E-state index is 13.2. The van der Waals surface area contributed by atoms with Crippen molar-refractivity contribution < 1.29 is 13.2 Å². The Bertz CT molecular complexity index is 2160. The standard InChI is InChI=1S/C34H27F3IN11/c35-34(36,37)21-5-8-25(43-18-21)26-9-10-27-33(45-26)49(32(46-27)24-2-1-13-42-31(24)40)23-6-3-20(4-7-23)19-48-15-12-22(16-28(48)38)44-29-11-14-41-30(17-39)47-29/h1-11,13-14,18,22,28H,12,15-16,19H2,(H2,40,42)(H,41,44,47). The predicted molar refractivity (Wildman–Crippen MR) is 186 cm³/mol. The molecule has 0 amide bonds. The molecule has 3 N–H and O–H groups in total. The van der Waals surface area contributed by atoms with Crippen molar-refractivity contribution in [1.82, 2.24) is 39.4 Å².